The molecule has 4 heteroatoms. The van der Waals surface area contributed by atoms with Crippen LogP contribution in [0.1, 0.15) is 23.5 Å². The minimum atomic E-state index is 0.724. The van der Waals surface area contributed by atoms with Gasteiger partial charge in [-0.3, -0.25) is 0 Å². The summed E-state index contributed by atoms with van der Waals surface area (Å²) in [7, 11) is 0. The van der Waals surface area contributed by atoms with Crippen molar-refractivity contribution in [2.45, 2.75) is 26.2 Å². The SMILES string of the molecule is Cc1nc2c(c(Nc3cccc(Cl)c3)n1)CCC2. The predicted molar refractivity (Wildman–Crippen MR) is 73.5 cm³/mol. The van der Waals surface area contributed by atoms with Crippen molar-refractivity contribution < 1.29 is 0 Å². The van der Waals surface area contributed by atoms with Gasteiger partial charge in [-0.25, -0.2) is 9.97 Å². The highest BCUT2D eigenvalue weighted by atomic mass is 35.5. The summed E-state index contributed by atoms with van der Waals surface area (Å²) in [5, 5.41) is 4.07. The highest BCUT2D eigenvalue weighted by molar-refractivity contribution is 6.30. The Morgan fingerprint density at radius 2 is 2.11 bits per heavy atom. The molecule has 0 radical (unpaired) electrons. The van der Waals surface area contributed by atoms with Gasteiger partial charge in [0.1, 0.15) is 11.6 Å². The Hall–Kier alpha value is -1.61. The zero-order valence-electron chi connectivity index (χ0n) is 10.2. The Labute approximate surface area is 111 Å². The summed E-state index contributed by atoms with van der Waals surface area (Å²) in [4.78, 5) is 9.00. The van der Waals surface area contributed by atoms with E-state index in [2.05, 4.69) is 15.3 Å². The second-order valence-electron chi connectivity index (χ2n) is 4.53. The topological polar surface area (TPSA) is 37.8 Å². The van der Waals surface area contributed by atoms with E-state index in [-0.39, 0.29) is 0 Å². The van der Waals surface area contributed by atoms with E-state index in [4.69, 9.17) is 11.6 Å². The maximum absolute atomic E-state index is 5.99. The van der Waals surface area contributed by atoms with Crippen LogP contribution in [0.3, 0.4) is 0 Å². The van der Waals surface area contributed by atoms with Gasteiger partial charge in [0, 0.05) is 22.0 Å². The van der Waals surface area contributed by atoms with Gasteiger partial charge in [0.25, 0.3) is 0 Å². The molecule has 1 aliphatic rings. The normalized spacial score (nSPS) is 13.4. The molecule has 0 amide bonds. The molecule has 0 aliphatic heterocycles. The lowest BCUT2D eigenvalue weighted by molar-refractivity contribution is 0.895. The lowest BCUT2D eigenvalue weighted by Gasteiger charge is -2.11. The maximum Gasteiger partial charge on any atom is 0.137 e. The van der Waals surface area contributed by atoms with Gasteiger partial charge in [0.05, 0.1) is 0 Å². The quantitative estimate of drug-likeness (QED) is 0.894. The van der Waals surface area contributed by atoms with Crippen molar-refractivity contribution in [2.75, 3.05) is 5.32 Å². The highest BCUT2D eigenvalue weighted by Gasteiger charge is 2.18. The second-order valence-corrected chi connectivity index (χ2v) is 4.97. The number of rotatable bonds is 2. The molecule has 0 unspecified atom stereocenters. The summed E-state index contributed by atoms with van der Waals surface area (Å²) in [5.74, 6) is 1.75. The van der Waals surface area contributed by atoms with Crippen LogP contribution in [-0.4, -0.2) is 9.97 Å². The number of hydrogen-bond acceptors (Lipinski definition) is 3. The molecule has 0 saturated carbocycles. The van der Waals surface area contributed by atoms with Crippen LogP contribution < -0.4 is 5.32 Å². The van der Waals surface area contributed by atoms with Crippen LogP contribution >= 0.6 is 11.6 Å². The molecule has 18 heavy (non-hydrogen) atoms. The van der Waals surface area contributed by atoms with Gasteiger partial charge in [-0.2, -0.15) is 0 Å². The van der Waals surface area contributed by atoms with Gasteiger partial charge in [0.2, 0.25) is 0 Å². The van der Waals surface area contributed by atoms with Crippen molar-refractivity contribution in [1.29, 1.82) is 0 Å². The first-order valence-electron chi connectivity index (χ1n) is 6.11. The van der Waals surface area contributed by atoms with Crippen molar-refractivity contribution in [2.24, 2.45) is 0 Å². The molecular formula is C14H14ClN3. The van der Waals surface area contributed by atoms with Crippen molar-refractivity contribution in [3.8, 4) is 0 Å². The first kappa shape index (κ1) is 11.5. The van der Waals surface area contributed by atoms with Crippen LogP contribution in [0.15, 0.2) is 24.3 Å². The summed E-state index contributed by atoms with van der Waals surface area (Å²) in [5.41, 5.74) is 3.40. The van der Waals surface area contributed by atoms with Crippen molar-refractivity contribution >= 4 is 23.1 Å². The van der Waals surface area contributed by atoms with E-state index in [1.54, 1.807) is 0 Å². The van der Waals surface area contributed by atoms with Crippen molar-refractivity contribution in [3.05, 3.63) is 46.4 Å². The molecule has 0 spiro atoms. The minimum absolute atomic E-state index is 0.724. The molecule has 0 saturated heterocycles. The van der Waals surface area contributed by atoms with Crippen LogP contribution in [0.5, 0.6) is 0 Å². The molecule has 2 aromatic rings. The van der Waals surface area contributed by atoms with Gasteiger partial charge in [-0.1, -0.05) is 17.7 Å². The Morgan fingerprint density at radius 1 is 1.22 bits per heavy atom. The minimum Gasteiger partial charge on any atom is -0.340 e. The third-order valence-corrected chi connectivity index (χ3v) is 3.37. The molecule has 3 rings (SSSR count). The van der Waals surface area contributed by atoms with Gasteiger partial charge < -0.3 is 5.32 Å². The predicted octanol–water partition coefficient (Wildman–Crippen LogP) is 3.67. The van der Waals surface area contributed by atoms with E-state index in [9.17, 15) is 0 Å². The largest absolute Gasteiger partial charge is 0.340 e. The maximum atomic E-state index is 5.99. The summed E-state index contributed by atoms with van der Waals surface area (Å²) in [6.07, 6.45) is 3.28. The van der Waals surface area contributed by atoms with Crippen LogP contribution in [-0.2, 0) is 12.8 Å². The molecule has 1 heterocycles. The number of anilines is 2. The number of aryl methyl sites for hydroxylation is 2. The van der Waals surface area contributed by atoms with Crippen molar-refractivity contribution in [1.82, 2.24) is 9.97 Å². The molecule has 3 nitrogen and oxygen atoms in total. The van der Waals surface area contributed by atoms with Gasteiger partial charge in [-0.15, -0.1) is 0 Å². The van der Waals surface area contributed by atoms with Gasteiger partial charge in [0.15, 0.2) is 0 Å². The first-order chi connectivity index (χ1) is 8.72. The Kier molecular flexibility index (Phi) is 2.92. The lowest BCUT2D eigenvalue weighted by Crippen LogP contribution is -2.03. The average molecular weight is 260 g/mol. The van der Waals surface area contributed by atoms with E-state index in [1.807, 2.05) is 31.2 Å². The summed E-state index contributed by atoms with van der Waals surface area (Å²) in [6.45, 7) is 1.93. The molecule has 92 valence electrons. The highest BCUT2D eigenvalue weighted by Crippen LogP contribution is 2.28. The van der Waals surface area contributed by atoms with E-state index < -0.39 is 0 Å². The molecule has 1 aromatic carbocycles. The van der Waals surface area contributed by atoms with Crippen LogP contribution in [0.2, 0.25) is 5.02 Å². The number of nitrogens with zero attached hydrogens (tertiary/aromatic N) is 2. The second kappa shape index (κ2) is 4.58. The monoisotopic (exact) mass is 259 g/mol. The fraction of sp³-hybridized carbons (Fsp3) is 0.286. The zero-order valence-corrected chi connectivity index (χ0v) is 11.0. The fourth-order valence-electron chi connectivity index (χ4n) is 2.36. The van der Waals surface area contributed by atoms with Crippen LogP contribution in [0.25, 0.3) is 0 Å². The van der Waals surface area contributed by atoms with Crippen molar-refractivity contribution in [3.63, 3.8) is 0 Å². The molecular weight excluding hydrogens is 246 g/mol. The molecule has 1 aromatic heterocycles. The molecule has 1 aliphatic carbocycles. The van der Waals surface area contributed by atoms with E-state index >= 15 is 0 Å². The number of hydrogen-bond donors (Lipinski definition) is 1. The zero-order chi connectivity index (χ0) is 12.5. The van der Waals surface area contributed by atoms with E-state index in [0.29, 0.717) is 0 Å². The number of benzene rings is 1. The van der Waals surface area contributed by atoms with Gasteiger partial charge in [-0.05, 0) is 44.4 Å². The standard InChI is InChI=1S/C14H14ClN3/c1-9-16-13-7-3-6-12(13)14(17-9)18-11-5-2-4-10(15)8-11/h2,4-5,8H,3,6-7H2,1H3,(H,16,17,18). The third kappa shape index (κ3) is 2.18. The van der Waals surface area contributed by atoms with Gasteiger partial charge >= 0.3 is 0 Å². The Morgan fingerprint density at radius 3 is 2.94 bits per heavy atom. The van der Waals surface area contributed by atoms with E-state index in [0.717, 1.165) is 41.6 Å². The fourth-order valence-corrected chi connectivity index (χ4v) is 2.55. The molecule has 1 N–H and O–H groups in total. The summed E-state index contributed by atoms with van der Waals surface area (Å²) < 4.78 is 0. The molecule has 0 atom stereocenters. The summed E-state index contributed by atoms with van der Waals surface area (Å²) >= 11 is 5.99. The molecule has 0 fully saturated rings. The Bertz CT molecular complexity index is 596. The number of nitrogens with one attached hydrogen (secondary N) is 1. The lowest BCUT2D eigenvalue weighted by atomic mass is 10.2. The van der Waals surface area contributed by atoms with Crippen LogP contribution in [0, 0.1) is 6.92 Å². The number of fused-ring (bicyclic) bond motifs is 1. The average Bonchev–Trinajstić information content (AvgIpc) is 2.77. The Balaban J connectivity index is 1.98. The third-order valence-electron chi connectivity index (χ3n) is 3.13. The smallest absolute Gasteiger partial charge is 0.137 e. The van der Waals surface area contributed by atoms with E-state index in [1.165, 1.54) is 11.3 Å². The number of aromatic nitrogens is 2. The number of halogens is 1. The van der Waals surface area contributed by atoms with Crippen LogP contribution in [0.4, 0.5) is 11.5 Å². The summed E-state index contributed by atoms with van der Waals surface area (Å²) in [6, 6.07) is 7.69. The first-order valence-corrected chi connectivity index (χ1v) is 6.49. The molecule has 0 bridgehead atoms.